The number of aromatic hydroxyl groups is 1. The summed E-state index contributed by atoms with van der Waals surface area (Å²) >= 11 is 0. The van der Waals surface area contributed by atoms with E-state index >= 15 is 0 Å². The summed E-state index contributed by atoms with van der Waals surface area (Å²) in [6.07, 6.45) is -3.02. The van der Waals surface area contributed by atoms with Gasteiger partial charge in [0.15, 0.2) is 11.4 Å². The summed E-state index contributed by atoms with van der Waals surface area (Å²) in [4.78, 5) is 41.3. The number of nitrogens with two attached hydrogens (primary N) is 1. The first-order chi connectivity index (χ1) is 17.9. The van der Waals surface area contributed by atoms with Gasteiger partial charge in [-0.25, -0.2) is 0 Å². The van der Waals surface area contributed by atoms with Gasteiger partial charge in [-0.2, -0.15) is 0 Å². The molecule has 2 aromatic carbocycles. The third-order valence-electron chi connectivity index (χ3n) is 8.46. The maximum Gasteiger partial charge on any atom is 0.230 e. The number of rotatable bonds is 4. The van der Waals surface area contributed by atoms with Crippen molar-refractivity contribution in [2.75, 3.05) is 14.1 Å². The van der Waals surface area contributed by atoms with Gasteiger partial charge in [0.1, 0.15) is 17.4 Å². The molecule has 2 saturated carbocycles. The average molecular weight is 523 g/mol. The van der Waals surface area contributed by atoms with Gasteiger partial charge in [-0.1, -0.05) is 42.5 Å². The Bertz CT molecular complexity index is 1360. The van der Waals surface area contributed by atoms with Crippen molar-refractivity contribution in [3.05, 3.63) is 70.8 Å². The molecule has 2 fully saturated rings. The molecular weight excluding hydrogens is 492 g/mol. The van der Waals surface area contributed by atoms with Gasteiger partial charge in [-0.05, 0) is 43.6 Å². The summed E-state index contributed by atoms with van der Waals surface area (Å²) in [7, 11) is 3.05. The molecule has 0 heterocycles. The van der Waals surface area contributed by atoms with E-state index < -0.39 is 76.3 Å². The van der Waals surface area contributed by atoms with Crippen LogP contribution in [0.15, 0.2) is 54.1 Å². The van der Waals surface area contributed by atoms with Crippen molar-refractivity contribution >= 4 is 23.2 Å². The minimum absolute atomic E-state index is 0.0267. The molecule has 5 rings (SSSR count). The summed E-state index contributed by atoms with van der Waals surface area (Å²) in [5.74, 6) is -9.91. The summed E-state index contributed by atoms with van der Waals surface area (Å²) in [5.41, 5.74) is 3.35. The fourth-order valence-corrected chi connectivity index (χ4v) is 6.86. The second-order valence-electron chi connectivity index (χ2n) is 10.6. The summed E-state index contributed by atoms with van der Waals surface area (Å²) in [6, 6.07) is 12.6. The van der Waals surface area contributed by atoms with E-state index in [2.05, 4.69) is 0 Å². The third-order valence-corrected chi connectivity index (χ3v) is 8.46. The molecule has 38 heavy (non-hydrogen) atoms. The number of carbonyl (C=O) groups is 3. The van der Waals surface area contributed by atoms with Crippen molar-refractivity contribution < 1.29 is 39.9 Å². The molecule has 10 heteroatoms. The van der Waals surface area contributed by atoms with Crippen LogP contribution in [-0.4, -0.2) is 85.9 Å². The number of likely N-dealkylation sites (N-methyl/N-ethyl adjacent to an activating group) is 1. The Kier molecular flexibility index (Phi) is 6.18. The van der Waals surface area contributed by atoms with E-state index in [1.165, 1.54) is 25.1 Å². The van der Waals surface area contributed by atoms with Gasteiger partial charge >= 0.3 is 0 Å². The highest BCUT2D eigenvalue weighted by Gasteiger charge is 2.71. The number of carbonyl (C=O) groups excluding carboxylic acids is 3. The molecule has 3 aliphatic carbocycles. The molecule has 200 valence electrons. The maximum absolute atomic E-state index is 14.1. The molecule has 0 aliphatic heterocycles. The number of aliphatic hydroxyl groups is 4. The standard InChI is InChI=1S/C28H30N2O8/c1-30(2)21-20-23(33)17-14(11-12-7-4-3-5-8-12)13-9-6-10-15(31)16(13)22(32)18(17)25(35)28(20,38)26(36)19(24(21)34)27(29)37/h3-10,14,17,19-21,23-24,31-34,38H,11H2,1-2H3,(H2,29,37). The Morgan fingerprint density at radius 3 is 2.26 bits per heavy atom. The zero-order valence-corrected chi connectivity index (χ0v) is 20.9. The van der Waals surface area contributed by atoms with Crippen molar-refractivity contribution in [3.8, 4) is 5.75 Å². The van der Waals surface area contributed by atoms with Crippen LogP contribution in [0.25, 0.3) is 5.76 Å². The number of amides is 1. The van der Waals surface area contributed by atoms with Crippen molar-refractivity contribution in [2.45, 2.75) is 36.2 Å². The van der Waals surface area contributed by atoms with E-state index in [1.807, 2.05) is 30.3 Å². The van der Waals surface area contributed by atoms with E-state index in [4.69, 9.17) is 5.73 Å². The number of benzene rings is 2. The van der Waals surface area contributed by atoms with Crippen molar-refractivity contribution in [1.29, 1.82) is 0 Å². The van der Waals surface area contributed by atoms with Crippen molar-refractivity contribution in [3.63, 3.8) is 0 Å². The number of Topliss-reactive ketones (excluding diaryl/α,β-unsaturated/α-hetero) is 2. The highest BCUT2D eigenvalue weighted by molar-refractivity contribution is 6.25. The predicted molar refractivity (Wildman–Crippen MR) is 135 cm³/mol. The van der Waals surface area contributed by atoms with E-state index in [9.17, 15) is 39.9 Å². The van der Waals surface area contributed by atoms with Crippen LogP contribution >= 0.6 is 0 Å². The molecule has 7 N–H and O–H groups in total. The second-order valence-corrected chi connectivity index (χ2v) is 10.6. The quantitative estimate of drug-likeness (QED) is 0.298. The molecule has 0 bridgehead atoms. The number of hydrogen-bond acceptors (Lipinski definition) is 9. The number of hydrogen-bond donors (Lipinski definition) is 6. The molecule has 3 aliphatic rings. The summed E-state index contributed by atoms with van der Waals surface area (Å²) in [6.45, 7) is 0. The van der Waals surface area contributed by atoms with E-state index in [1.54, 1.807) is 12.1 Å². The molecule has 0 spiro atoms. The fraction of sp³-hybridized carbons (Fsp3) is 0.393. The zero-order valence-electron chi connectivity index (χ0n) is 20.9. The van der Waals surface area contributed by atoms with Gasteiger partial charge in [0.05, 0.1) is 17.8 Å². The van der Waals surface area contributed by atoms with Crippen molar-refractivity contribution in [2.24, 2.45) is 23.5 Å². The first-order valence-electron chi connectivity index (χ1n) is 12.4. The van der Waals surface area contributed by atoms with Crippen LogP contribution in [0.5, 0.6) is 5.75 Å². The molecule has 0 radical (unpaired) electrons. The predicted octanol–water partition coefficient (Wildman–Crippen LogP) is -0.116. The Hall–Kier alpha value is -3.57. The number of nitrogens with zero attached hydrogens (tertiary/aromatic N) is 1. The first-order valence-corrected chi connectivity index (χ1v) is 12.4. The lowest BCUT2D eigenvalue weighted by Gasteiger charge is -2.56. The smallest absolute Gasteiger partial charge is 0.230 e. The molecule has 0 aromatic heterocycles. The van der Waals surface area contributed by atoms with Gasteiger partial charge in [0.2, 0.25) is 11.7 Å². The number of aliphatic hydroxyl groups excluding tert-OH is 3. The third kappa shape index (κ3) is 3.45. The van der Waals surface area contributed by atoms with Crippen LogP contribution in [0.1, 0.15) is 22.6 Å². The highest BCUT2D eigenvalue weighted by Crippen LogP contribution is 2.56. The van der Waals surface area contributed by atoms with E-state index in [0.29, 0.717) is 12.0 Å². The van der Waals surface area contributed by atoms with Gasteiger partial charge in [0.25, 0.3) is 0 Å². The Morgan fingerprint density at radius 2 is 1.66 bits per heavy atom. The van der Waals surface area contributed by atoms with Crippen LogP contribution in [0.3, 0.4) is 0 Å². The number of fused-ring (bicyclic) bond motifs is 3. The van der Waals surface area contributed by atoms with Crippen molar-refractivity contribution in [1.82, 2.24) is 4.90 Å². The zero-order chi connectivity index (χ0) is 27.7. The van der Waals surface area contributed by atoms with E-state index in [0.717, 1.165) is 5.56 Å². The van der Waals surface area contributed by atoms with Gasteiger partial charge in [-0.15, -0.1) is 0 Å². The Balaban J connectivity index is 1.77. The minimum Gasteiger partial charge on any atom is -0.507 e. The fourth-order valence-electron chi connectivity index (χ4n) is 6.86. The number of phenols is 1. The largest absolute Gasteiger partial charge is 0.507 e. The molecule has 8 atom stereocenters. The minimum atomic E-state index is -2.95. The topological polar surface area (TPSA) is 182 Å². The van der Waals surface area contributed by atoms with E-state index in [-0.39, 0.29) is 11.3 Å². The molecule has 10 nitrogen and oxygen atoms in total. The SMILES string of the molecule is CN(C)C1C(O)C(C(N)=O)C(=O)C2(O)C(=O)C3=C(O)c4c(O)cccc4C(Cc4ccccc4)C3C(O)C12. The Labute approximate surface area is 218 Å². The van der Waals surface area contributed by atoms with Crippen LogP contribution in [-0.2, 0) is 20.8 Å². The first kappa shape index (κ1) is 26.1. The lowest BCUT2D eigenvalue weighted by Crippen LogP contribution is -2.76. The van der Waals surface area contributed by atoms with Crippen LogP contribution in [0.2, 0.25) is 0 Å². The van der Waals surface area contributed by atoms with Crippen LogP contribution < -0.4 is 5.73 Å². The van der Waals surface area contributed by atoms with Gasteiger partial charge in [0, 0.05) is 23.5 Å². The Morgan fingerprint density at radius 1 is 1.00 bits per heavy atom. The average Bonchev–Trinajstić information content (AvgIpc) is 2.86. The lowest BCUT2D eigenvalue weighted by atomic mass is 9.51. The number of phenolic OH excluding ortho intramolecular Hbond substituents is 1. The summed E-state index contributed by atoms with van der Waals surface area (Å²) < 4.78 is 0. The molecule has 8 unspecified atom stereocenters. The molecular formula is C28H30N2O8. The molecule has 1 amide bonds. The normalized spacial score (nSPS) is 34.5. The van der Waals surface area contributed by atoms with Gasteiger partial charge in [-0.3, -0.25) is 14.4 Å². The molecule has 0 saturated heterocycles. The molecule has 2 aromatic rings. The van der Waals surface area contributed by atoms with Crippen LogP contribution in [0.4, 0.5) is 0 Å². The monoisotopic (exact) mass is 522 g/mol. The number of primary amides is 1. The van der Waals surface area contributed by atoms with Gasteiger partial charge < -0.3 is 36.2 Å². The highest BCUT2D eigenvalue weighted by atomic mass is 16.3. The number of ketones is 2. The lowest BCUT2D eigenvalue weighted by molar-refractivity contribution is -0.199. The summed E-state index contributed by atoms with van der Waals surface area (Å²) in [5, 5.41) is 56.7. The maximum atomic E-state index is 14.1. The van der Waals surface area contributed by atoms with Crippen LogP contribution in [0, 0.1) is 17.8 Å². The second kappa shape index (κ2) is 9.02.